The van der Waals surface area contributed by atoms with E-state index in [1.165, 1.54) is 16.7 Å². The summed E-state index contributed by atoms with van der Waals surface area (Å²) < 4.78 is 1.10. The number of para-hydroxylation sites is 1. The summed E-state index contributed by atoms with van der Waals surface area (Å²) >= 11 is 3.50. The number of halogens is 1. The van der Waals surface area contributed by atoms with Crippen LogP contribution >= 0.6 is 15.9 Å². The minimum absolute atomic E-state index is 0.128. The molecule has 1 heterocycles. The average Bonchev–Trinajstić information content (AvgIpc) is 2.81. The Hall–Kier alpha value is -1.58. The van der Waals surface area contributed by atoms with Gasteiger partial charge in [-0.3, -0.25) is 10.3 Å². The van der Waals surface area contributed by atoms with E-state index in [0.717, 1.165) is 16.6 Å². The number of nitrogens with one attached hydrogen (secondary N) is 1. The van der Waals surface area contributed by atoms with Crippen LogP contribution in [0.5, 0.6) is 0 Å². The van der Waals surface area contributed by atoms with E-state index in [4.69, 9.17) is 4.84 Å². The molecule has 0 unspecified atom stereocenters. The summed E-state index contributed by atoms with van der Waals surface area (Å²) in [4.78, 5) is 6.08. The van der Waals surface area contributed by atoms with Gasteiger partial charge in [-0.2, -0.15) is 0 Å². The first kappa shape index (κ1) is 14.0. The second-order valence-corrected chi connectivity index (χ2v) is 7.45. The Bertz CT molecular complexity index is 767. The summed E-state index contributed by atoms with van der Waals surface area (Å²) in [6.07, 6.45) is 3.28. The first-order chi connectivity index (χ1) is 10.5. The fourth-order valence-electron chi connectivity index (χ4n) is 3.65. The number of hydrogen-bond donors (Lipinski definition) is 1. The van der Waals surface area contributed by atoms with Crippen LogP contribution in [0.2, 0.25) is 0 Å². The molecule has 2 nitrogen and oxygen atoms in total. The lowest BCUT2D eigenvalue weighted by Crippen LogP contribution is -2.50. The molecule has 3 heteroatoms. The zero-order valence-corrected chi connectivity index (χ0v) is 14.3. The standard InChI is InChI=1S/C19H18BrNO/c1-18-11-14(13-7-9-15(20)10-8-13)12-19(18,2)22-21-17-6-4-3-5-16(17)18/h3-11,21H,12H2,1-2H3/t18-,19-/m0/s1. The Morgan fingerprint density at radius 3 is 2.55 bits per heavy atom. The highest BCUT2D eigenvalue weighted by molar-refractivity contribution is 9.10. The van der Waals surface area contributed by atoms with Gasteiger partial charge in [-0.05, 0) is 48.7 Å². The van der Waals surface area contributed by atoms with Crippen molar-refractivity contribution in [2.75, 3.05) is 5.48 Å². The Labute approximate surface area is 139 Å². The molecule has 1 aliphatic carbocycles. The maximum absolute atomic E-state index is 6.08. The summed E-state index contributed by atoms with van der Waals surface area (Å²) in [7, 11) is 0. The molecular formula is C19H18BrNO. The van der Waals surface area contributed by atoms with Crippen molar-refractivity contribution >= 4 is 27.2 Å². The van der Waals surface area contributed by atoms with Crippen LogP contribution in [0.3, 0.4) is 0 Å². The monoisotopic (exact) mass is 355 g/mol. The number of fused-ring (bicyclic) bond motifs is 3. The molecular weight excluding hydrogens is 338 g/mol. The lowest BCUT2D eigenvalue weighted by atomic mass is 9.70. The molecule has 2 aliphatic rings. The molecule has 2 atom stereocenters. The summed E-state index contributed by atoms with van der Waals surface area (Å²) in [5.41, 5.74) is 7.71. The highest BCUT2D eigenvalue weighted by Gasteiger charge is 2.54. The molecule has 0 bridgehead atoms. The zero-order chi connectivity index (χ0) is 15.4. The van der Waals surface area contributed by atoms with Gasteiger partial charge in [0, 0.05) is 16.3 Å². The molecule has 2 aromatic carbocycles. The molecule has 1 aliphatic heterocycles. The minimum atomic E-state index is -0.274. The van der Waals surface area contributed by atoms with Gasteiger partial charge in [0.2, 0.25) is 0 Å². The molecule has 0 radical (unpaired) electrons. The smallest absolute Gasteiger partial charge is 0.110 e. The third kappa shape index (κ3) is 1.89. The summed E-state index contributed by atoms with van der Waals surface area (Å²) in [6, 6.07) is 16.9. The van der Waals surface area contributed by atoms with Crippen molar-refractivity contribution in [3.05, 3.63) is 70.2 Å². The van der Waals surface area contributed by atoms with Gasteiger partial charge in [0.15, 0.2) is 0 Å². The van der Waals surface area contributed by atoms with E-state index in [1.807, 2.05) is 6.07 Å². The quantitative estimate of drug-likeness (QED) is 0.748. The van der Waals surface area contributed by atoms with Gasteiger partial charge in [-0.25, -0.2) is 0 Å². The lowest BCUT2D eigenvalue weighted by Gasteiger charge is -2.45. The Morgan fingerprint density at radius 1 is 1.05 bits per heavy atom. The molecule has 2 aromatic rings. The maximum Gasteiger partial charge on any atom is 0.110 e. The maximum atomic E-state index is 6.08. The predicted octanol–water partition coefficient (Wildman–Crippen LogP) is 5.31. The van der Waals surface area contributed by atoms with Gasteiger partial charge < -0.3 is 0 Å². The fourth-order valence-corrected chi connectivity index (χ4v) is 3.91. The SMILES string of the molecule is C[C@@]12C=C(c3ccc(Br)cc3)C[C@]1(C)ONc1ccccc12. The molecule has 22 heavy (non-hydrogen) atoms. The second kappa shape index (κ2) is 4.71. The lowest BCUT2D eigenvalue weighted by molar-refractivity contribution is -0.0389. The van der Waals surface area contributed by atoms with Gasteiger partial charge in [0.25, 0.3) is 0 Å². The second-order valence-electron chi connectivity index (χ2n) is 6.54. The number of benzene rings is 2. The molecule has 1 N–H and O–H groups in total. The number of hydrogen-bond acceptors (Lipinski definition) is 2. The number of rotatable bonds is 1. The molecule has 4 rings (SSSR count). The van der Waals surface area contributed by atoms with Crippen LogP contribution in [0.25, 0.3) is 5.57 Å². The number of anilines is 1. The highest BCUT2D eigenvalue weighted by atomic mass is 79.9. The van der Waals surface area contributed by atoms with Crippen molar-refractivity contribution in [1.29, 1.82) is 0 Å². The van der Waals surface area contributed by atoms with E-state index < -0.39 is 0 Å². The largest absolute Gasteiger partial charge is 0.268 e. The van der Waals surface area contributed by atoms with Crippen LogP contribution in [0.4, 0.5) is 5.69 Å². The first-order valence-electron chi connectivity index (χ1n) is 7.53. The van der Waals surface area contributed by atoms with Crippen LogP contribution in [0.15, 0.2) is 59.1 Å². The van der Waals surface area contributed by atoms with Crippen molar-refractivity contribution in [1.82, 2.24) is 0 Å². The molecule has 112 valence electrons. The summed E-state index contributed by atoms with van der Waals surface area (Å²) in [5.74, 6) is 0. The van der Waals surface area contributed by atoms with Crippen LogP contribution in [-0.2, 0) is 10.3 Å². The fraction of sp³-hybridized carbons (Fsp3) is 0.263. The van der Waals surface area contributed by atoms with E-state index in [-0.39, 0.29) is 11.0 Å². The Morgan fingerprint density at radius 2 is 1.77 bits per heavy atom. The van der Waals surface area contributed by atoms with E-state index in [9.17, 15) is 0 Å². The molecule has 0 spiro atoms. The molecule has 0 saturated carbocycles. The van der Waals surface area contributed by atoms with Gasteiger partial charge in [0.05, 0.1) is 5.69 Å². The van der Waals surface area contributed by atoms with Crippen LogP contribution < -0.4 is 5.48 Å². The normalized spacial score (nSPS) is 29.3. The topological polar surface area (TPSA) is 21.3 Å². The molecule has 0 amide bonds. The highest BCUT2D eigenvalue weighted by Crippen LogP contribution is 2.55. The van der Waals surface area contributed by atoms with E-state index in [1.54, 1.807) is 0 Å². The summed E-state index contributed by atoms with van der Waals surface area (Å²) in [6.45, 7) is 4.47. The van der Waals surface area contributed by atoms with E-state index in [0.29, 0.717) is 0 Å². The zero-order valence-electron chi connectivity index (χ0n) is 12.7. The third-order valence-electron chi connectivity index (χ3n) is 5.18. The van der Waals surface area contributed by atoms with Crippen LogP contribution in [-0.4, -0.2) is 5.60 Å². The Kier molecular flexibility index (Phi) is 3.00. The van der Waals surface area contributed by atoms with Gasteiger partial charge >= 0.3 is 0 Å². The predicted molar refractivity (Wildman–Crippen MR) is 93.6 cm³/mol. The van der Waals surface area contributed by atoms with Crippen molar-refractivity contribution in [2.45, 2.75) is 31.3 Å². The van der Waals surface area contributed by atoms with Crippen LogP contribution in [0.1, 0.15) is 31.4 Å². The molecule has 0 saturated heterocycles. The van der Waals surface area contributed by atoms with Crippen LogP contribution in [0, 0.1) is 0 Å². The summed E-state index contributed by atoms with van der Waals surface area (Å²) in [5, 5.41) is 0. The molecule has 0 fully saturated rings. The van der Waals surface area contributed by atoms with Crippen molar-refractivity contribution in [3.63, 3.8) is 0 Å². The van der Waals surface area contributed by atoms with Gasteiger partial charge in [-0.1, -0.05) is 52.3 Å². The third-order valence-corrected chi connectivity index (χ3v) is 5.71. The van der Waals surface area contributed by atoms with Gasteiger partial charge in [0.1, 0.15) is 5.60 Å². The molecule has 0 aromatic heterocycles. The Balaban J connectivity index is 1.84. The van der Waals surface area contributed by atoms with Crippen molar-refractivity contribution < 1.29 is 4.84 Å². The first-order valence-corrected chi connectivity index (χ1v) is 8.32. The van der Waals surface area contributed by atoms with Crippen molar-refractivity contribution in [3.8, 4) is 0 Å². The van der Waals surface area contributed by atoms with Gasteiger partial charge in [-0.15, -0.1) is 0 Å². The average molecular weight is 356 g/mol. The van der Waals surface area contributed by atoms with E-state index >= 15 is 0 Å². The van der Waals surface area contributed by atoms with E-state index in [2.05, 4.69) is 83.8 Å². The van der Waals surface area contributed by atoms with Crippen molar-refractivity contribution in [2.24, 2.45) is 0 Å². The minimum Gasteiger partial charge on any atom is -0.268 e.